The summed E-state index contributed by atoms with van der Waals surface area (Å²) < 4.78 is 5.24. The molecule has 0 unspecified atom stereocenters. The molecule has 3 nitrogen and oxygen atoms in total. The first-order valence-electron chi connectivity index (χ1n) is 5.51. The topological polar surface area (TPSA) is 38.3 Å². The number of hydrogen-bond donors (Lipinski definition) is 1. The van der Waals surface area contributed by atoms with Gasteiger partial charge in [-0.05, 0) is 33.1 Å². The van der Waals surface area contributed by atoms with Crippen LogP contribution in [-0.2, 0) is 9.53 Å². The van der Waals surface area contributed by atoms with Gasteiger partial charge in [0.25, 0.3) is 0 Å². The van der Waals surface area contributed by atoms with Gasteiger partial charge in [0.2, 0.25) is 5.91 Å². The molecule has 1 saturated heterocycles. The van der Waals surface area contributed by atoms with Crippen LogP contribution in [0.4, 0.5) is 0 Å². The van der Waals surface area contributed by atoms with Gasteiger partial charge in [0, 0.05) is 30.0 Å². The number of hydrogen-bond acceptors (Lipinski definition) is 2. The van der Waals surface area contributed by atoms with E-state index >= 15 is 0 Å². The number of halogens is 1. The number of alkyl halides is 1. The minimum absolute atomic E-state index is 0.112. The summed E-state index contributed by atoms with van der Waals surface area (Å²) in [5.74, 6) is 0.331. The highest BCUT2D eigenvalue weighted by molar-refractivity contribution is 9.09. The van der Waals surface area contributed by atoms with E-state index in [-0.39, 0.29) is 17.4 Å². The molecule has 0 aromatic rings. The third-order valence-electron chi connectivity index (χ3n) is 2.77. The van der Waals surface area contributed by atoms with Gasteiger partial charge in [0.05, 0.1) is 0 Å². The Labute approximate surface area is 100 Å². The van der Waals surface area contributed by atoms with E-state index in [0.717, 1.165) is 37.8 Å². The van der Waals surface area contributed by atoms with Crippen molar-refractivity contribution in [1.29, 1.82) is 0 Å². The molecule has 0 aromatic carbocycles. The zero-order valence-corrected chi connectivity index (χ0v) is 11.1. The zero-order valence-electron chi connectivity index (χ0n) is 9.51. The van der Waals surface area contributed by atoms with Crippen LogP contribution in [0.2, 0.25) is 0 Å². The maximum Gasteiger partial charge on any atom is 0.223 e. The predicted molar refractivity (Wildman–Crippen MR) is 64.2 cm³/mol. The van der Waals surface area contributed by atoms with Gasteiger partial charge in [-0.1, -0.05) is 15.9 Å². The van der Waals surface area contributed by atoms with E-state index in [0.29, 0.717) is 0 Å². The molecule has 0 saturated carbocycles. The van der Waals surface area contributed by atoms with Gasteiger partial charge in [-0.25, -0.2) is 0 Å². The maximum atomic E-state index is 11.9. The number of carbonyl (C=O) groups is 1. The zero-order chi connectivity index (χ0) is 11.3. The number of nitrogens with one attached hydrogen (secondary N) is 1. The lowest BCUT2D eigenvalue weighted by Gasteiger charge is -2.29. The highest BCUT2D eigenvalue weighted by atomic mass is 79.9. The van der Waals surface area contributed by atoms with E-state index < -0.39 is 0 Å². The van der Waals surface area contributed by atoms with Crippen molar-refractivity contribution in [2.75, 3.05) is 18.5 Å². The van der Waals surface area contributed by atoms with Gasteiger partial charge in [-0.15, -0.1) is 0 Å². The number of ether oxygens (including phenoxy) is 1. The Morgan fingerprint density at radius 3 is 2.60 bits per heavy atom. The molecule has 1 aliphatic rings. The van der Waals surface area contributed by atoms with Crippen molar-refractivity contribution < 1.29 is 9.53 Å². The summed E-state index contributed by atoms with van der Waals surface area (Å²) in [6.45, 7) is 5.56. The number of rotatable bonds is 4. The highest BCUT2D eigenvalue weighted by Crippen LogP contribution is 2.17. The third-order valence-corrected chi connectivity index (χ3v) is 3.17. The second kappa shape index (κ2) is 5.85. The van der Waals surface area contributed by atoms with Crippen LogP contribution in [0.5, 0.6) is 0 Å². The van der Waals surface area contributed by atoms with Crippen molar-refractivity contribution in [3.05, 3.63) is 0 Å². The fourth-order valence-corrected chi connectivity index (χ4v) is 2.69. The molecular weight excluding hydrogens is 258 g/mol. The Kier molecular flexibility index (Phi) is 5.06. The Morgan fingerprint density at radius 2 is 2.07 bits per heavy atom. The molecule has 0 radical (unpaired) electrons. The molecule has 1 heterocycles. The lowest BCUT2D eigenvalue weighted by Crippen LogP contribution is -2.47. The molecule has 0 spiro atoms. The van der Waals surface area contributed by atoms with Crippen LogP contribution in [-0.4, -0.2) is 30.0 Å². The first-order chi connectivity index (χ1) is 7.05. The normalized spacial score (nSPS) is 18.9. The van der Waals surface area contributed by atoms with Crippen molar-refractivity contribution in [1.82, 2.24) is 5.32 Å². The second-order valence-electron chi connectivity index (χ2n) is 4.70. The average molecular weight is 278 g/mol. The van der Waals surface area contributed by atoms with E-state index in [9.17, 15) is 4.79 Å². The standard InChI is InChI=1S/C11H20BrNO2/c1-11(2,5-6-12)13-10(14)9-3-7-15-8-4-9/h9H,3-8H2,1-2H3,(H,13,14). The molecule has 0 bridgehead atoms. The fraction of sp³-hybridized carbons (Fsp3) is 0.909. The molecular formula is C11H20BrNO2. The van der Waals surface area contributed by atoms with Crippen molar-refractivity contribution in [3.63, 3.8) is 0 Å². The first kappa shape index (κ1) is 13.0. The molecule has 15 heavy (non-hydrogen) atoms. The van der Waals surface area contributed by atoms with Crippen molar-refractivity contribution in [2.24, 2.45) is 5.92 Å². The molecule has 0 atom stereocenters. The van der Waals surface area contributed by atoms with Gasteiger partial charge in [-0.3, -0.25) is 4.79 Å². The molecule has 1 aliphatic heterocycles. The Hall–Kier alpha value is -0.0900. The molecule has 4 heteroatoms. The van der Waals surface area contributed by atoms with Gasteiger partial charge in [0.15, 0.2) is 0 Å². The SMILES string of the molecule is CC(C)(CCBr)NC(=O)C1CCOCC1. The minimum Gasteiger partial charge on any atom is -0.381 e. The Bertz CT molecular complexity index is 213. The van der Waals surface area contributed by atoms with Crippen LogP contribution < -0.4 is 5.32 Å². The average Bonchev–Trinajstić information content (AvgIpc) is 2.18. The summed E-state index contributed by atoms with van der Waals surface area (Å²) in [6, 6.07) is 0. The number of carbonyl (C=O) groups excluding carboxylic acids is 1. The van der Waals surface area contributed by atoms with Crippen molar-refractivity contribution in [2.45, 2.75) is 38.6 Å². The van der Waals surface area contributed by atoms with Crippen LogP contribution in [0.3, 0.4) is 0 Å². The molecule has 1 fully saturated rings. The smallest absolute Gasteiger partial charge is 0.223 e. The lowest BCUT2D eigenvalue weighted by molar-refractivity contribution is -0.129. The molecule has 88 valence electrons. The first-order valence-corrected chi connectivity index (χ1v) is 6.63. The second-order valence-corrected chi connectivity index (χ2v) is 5.49. The molecule has 1 rings (SSSR count). The summed E-state index contributed by atoms with van der Waals surface area (Å²) in [4.78, 5) is 11.9. The number of amides is 1. The minimum atomic E-state index is -0.112. The van der Waals surface area contributed by atoms with Gasteiger partial charge >= 0.3 is 0 Å². The Balaban J connectivity index is 2.39. The van der Waals surface area contributed by atoms with E-state index in [1.165, 1.54) is 0 Å². The quantitative estimate of drug-likeness (QED) is 0.800. The van der Waals surface area contributed by atoms with E-state index in [1.807, 2.05) is 0 Å². The summed E-state index contributed by atoms with van der Waals surface area (Å²) >= 11 is 3.40. The molecule has 0 aliphatic carbocycles. The van der Waals surface area contributed by atoms with Crippen LogP contribution >= 0.6 is 15.9 Å². The lowest BCUT2D eigenvalue weighted by atomic mass is 9.96. The van der Waals surface area contributed by atoms with E-state index in [4.69, 9.17) is 4.74 Å². The van der Waals surface area contributed by atoms with Crippen LogP contribution in [0.1, 0.15) is 33.1 Å². The van der Waals surface area contributed by atoms with Gasteiger partial charge in [-0.2, -0.15) is 0 Å². The highest BCUT2D eigenvalue weighted by Gasteiger charge is 2.26. The predicted octanol–water partition coefficient (Wildman–Crippen LogP) is 2.09. The van der Waals surface area contributed by atoms with Crippen LogP contribution in [0.25, 0.3) is 0 Å². The molecule has 1 N–H and O–H groups in total. The largest absolute Gasteiger partial charge is 0.381 e. The molecule has 0 aromatic heterocycles. The van der Waals surface area contributed by atoms with Gasteiger partial charge < -0.3 is 10.1 Å². The fourth-order valence-electron chi connectivity index (χ4n) is 1.69. The summed E-state index contributed by atoms with van der Waals surface area (Å²) in [6.07, 6.45) is 2.66. The Morgan fingerprint density at radius 1 is 1.47 bits per heavy atom. The monoisotopic (exact) mass is 277 g/mol. The molecule has 1 amide bonds. The van der Waals surface area contributed by atoms with E-state index in [1.54, 1.807) is 0 Å². The summed E-state index contributed by atoms with van der Waals surface area (Å²) in [5.41, 5.74) is -0.112. The summed E-state index contributed by atoms with van der Waals surface area (Å²) in [5, 5.41) is 4.01. The van der Waals surface area contributed by atoms with Crippen molar-refractivity contribution >= 4 is 21.8 Å². The van der Waals surface area contributed by atoms with Gasteiger partial charge in [0.1, 0.15) is 0 Å². The van der Waals surface area contributed by atoms with Crippen LogP contribution in [0.15, 0.2) is 0 Å². The maximum absolute atomic E-state index is 11.9. The van der Waals surface area contributed by atoms with Crippen LogP contribution in [0, 0.1) is 5.92 Å². The third kappa shape index (κ3) is 4.51. The summed E-state index contributed by atoms with van der Waals surface area (Å²) in [7, 11) is 0. The van der Waals surface area contributed by atoms with Crippen molar-refractivity contribution in [3.8, 4) is 0 Å². The van der Waals surface area contributed by atoms with E-state index in [2.05, 4.69) is 35.1 Å².